The molecule has 1 aliphatic rings. The molecule has 4 nitrogen and oxygen atoms in total. The molecule has 0 atom stereocenters. The number of benzene rings is 1. The summed E-state index contributed by atoms with van der Waals surface area (Å²) in [7, 11) is 0. The maximum absolute atomic E-state index is 12.4. The SMILES string of the molecule is Cc1ccccc1N1CCN(C(=O)c2ccoc2C)CC1. The summed E-state index contributed by atoms with van der Waals surface area (Å²) in [6, 6.07) is 10.1. The van der Waals surface area contributed by atoms with Gasteiger partial charge in [-0.05, 0) is 31.5 Å². The third kappa shape index (κ3) is 2.66. The lowest BCUT2D eigenvalue weighted by Crippen LogP contribution is -2.49. The largest absolute Gasteiger partial charge is 0.469 e. The van der Waals surface area contributed by atoms with E-state index in [0.717, 1.165) is 26.2 Å². The number of hydrogen-bond acceptors (Lipinski definition) is 3. The van der Waals surface area contributed by atoms with Gasteiger partial charge < -0.3 is 14.2 Å². The van der Waals surface area contributed by atoms with Crippen LogP contribution in [0.4, 0.5) is 5.69 Å². The molecule has 1 aromatic carbocycles. The summed E-state index contributed by atoms with van der Waals surface area (Å²) >= 11 is 0. The number of carbonyl (C=O) groups excluding carboxylic acids is 1. The molecule has 0 radical (unpaired) electrons. The van der Waals surface area contributed by atoms with Gasteiger partial charge in [0.2, 0.25) is 0 Å². The van der Waals surface area contributed by atoms with Crippen molar-refractivity contribution in [3.63, 3.8) is 0 Å². The highest BCUT2D eigenvalue weighted by molar-refractivity contribution is 5.95. The number of piperazine rings is 1. The molecule has 1 aromatic heterocycles. The van der Waals surface area contributed by atoms with E-state index in [1.807, 2.05) is 11.8 Å². The van der Waals surface area contributed by atoms with Crippen molar-refractivity contribution in [3.05, 3.63) is 53.5 Å². The van der Waals surface area contributed by atoms with Crippen molar-refractivity contribution in [2.24, 2.45) is 0 Å². The minimum atomic E-state index is 0.0747. The Morgan fingerprint density at radius 2 is 1.76 bits per heavy atom. The Kier molecular flexibility index (Phi) is 3.69. The molecule has 1 fully saturated rings. The van der Waals surface area contributed by atoms with E-state index in [9.17, 15) is 4.79 Å². The number of hydrogen-bond donors (Lipinski definition) is 0. The first-order chi connectivity index (χ1) is 10.2. The summed E-state index contributed by atoms with van der Waals surface area (Å²) in [4.78, 5) is 16.7. The first-order valence-corrected chi connectivity index (χ1v) is 7.31. The average Bonchev–Trinajstić information content (AvgIpc) is 2.93. The monoisotopic (exact) mass is 284 g/mol. The predicted octanol–water partition coefficient (Wildman–Crippen LogP) is 2.86. The summed E-state index contributed by atoms with van der Waals surface area (Å²) in [6.45, 7) is 7.19. The molecule has 3 rings (SSSR count). The number of carbonyl (C=O) groups is 1. The molecule has 0 unspecified atom stereocenters. The second kappa shape index (κ2) is 5.64. The molecule has 4 heteroatoms. The fourth-order valence-corrected chi connectivity index (χ4v) is 2.85. The van der Waals surface area contributed by atoms with Crippen molar-refractivity contribution in [1.29, 1.82) is 0 Å². The summed E-state index contributed by atoms with van der Waals surface area (Å²) in [5.74, 6) is 0.770. The lowest BCUT2D eigenvalue weighted by molar-refractivity contribution is 0.0745. The van der Waals surface area contributed by atoms with Crippen LogP contribution in [0.2, 0.25) is 0 Å². The molecule has 0 aliphatic carbocycles. The van der Waals surface area contributed by atoms with Gasteiger partial charge in [0.25, 0.3) is 5.91 Å². The Morgan fingerprint density at radius 3 is 2.38 bits per heavy atom. The molecule has 2 aromatic rings. The number of anilines is 1. The number of rotatable bonds is 2. The van der Waals surface area contributed by atoms with E-state index in [1.165, 1.54) is 11.3 Å². The van der Waals surface area contributed by atoms with Gasteiger partial charge in [-0.2, -0.15) is 0 Å². The highest BCUT2D eigenvalue weighted by atomic mass is 16.3. The van der Waals surface area contributed by atoms with Gasteiger partial charge in [0.15, 0.2) is 0 Å². The molecular formula is C17H20N2O2. The Labute approximate surface area is 125 Å². The molecule has 1 amide bonds. The number of furan rings is 1. The summed E-state index contributed by atoms with van der Waals surface area (Å²) < 4.78 is 5.22. The van der Waals surface area contributed by atoms with Crippen molar-refractivity contribution in [1.82, 2.24) is 4.90 Å². The fraction of sp³-hybridized carbons (Fsp3) is 0.353. The summed E-state index contributed by atoms with van der Waals surface area (Å²) in [5.41, 5.74) is 3.23. The summed E-state index contributed by atoms with van der Waals surface area (Å²) in [5, 5.41) is 0. The van der Waals surface area contributed by atoms with Crippen LogP contribution in [0.25, 0.3) is 0 Å². The normalized spacial score (nSPS) is 15.3. The van der Waals surface area contributed by atoms with Gasteiger partial charge in [-0.15, -0.1) is 0 Å². The van der Waals surface area contributed by atoms with Crippen LogP contribution in [0.3, 0.4) is 0 Å². The van der Waals surface area contributed by atoms with E-state index in [1.54, 1.807) is 12.3 Å². The maximum atomic E-state index is 12.4. The summed E-state index contributed by atoms with van der Waals surface area (Å²) in [6.07, 6.45) is 1.58. The van der Waals surface area contributed by atoms with E-state index < -0.39 is 0 Å². The van der Waals surface area contributed by atoms with Crippen molar-refractivity contribution < 1.29 is 9.21 Å². The van der Waals surface area contributed by atoms with Gasteiger partial charge >= 0.3 is 0 Å². The average molecular weight is 284 g/mol. The number of aryl methyl sites for hydroxylation is 2. The van der Waals surface area contributed by atoms with Crippen molar-refractivity contribution in [3.8, 4) is 0 Å². The quantitative estimate of drug-likeness (QED) is 0.851. The molecule has 0 N–H and O–H groups in total. The Morgan fingerprint density at radius 1 is 1.05 bits per heavy atom. The molecule has 0 spiro atoms. The molecule has 110 valence electrons. The topological polar surface area (TPSA) is 36.7 Å². The van der Waals surface area contributed by atoms with Crippen molar-refractivity contribution in [2.75, 3.05) is 31.1 Å². The molecule has 0 bridgehead atoms. The van der Waals surface area contributed by atoms with E-state index in [0.29, 0.717) is 11.3 Å². The molecular weight excluding hydrogens is 264 g/mol. The Bertz CT molecular complexity index is 640. The van der Waals surface area contributed by atoms with Gasteiger partial charge in [-0.1, -0.05) is 18.2 Å². The highest BCUT2D eigenvalue weighted by Gasteiger charge is 2.24. The maximum Gasteiger partial charge on any atom is 0.257 e. The number of amides is 1. The van der Waals surface area contributed by atoms with Crippen LogP contribution in [-0.4, -0.2) is 37.0 Å². The second-order valence-electron chi connectivity index (χ2n) is 5.46. The van der Waals surface area contributed by atoms with Gasteiger partial charge in [-0.25, -0.2) is 0 Å². The van der Waals surface area contributed by atoms with Crippen molar-refractivity contribution in [2.45, 2.75) is 13.8 Å². The Hall–Kier alpha value is -2.23. The van der Waals surface area contributed by atoms with Gasteiger partial charge in [0.05, 0.1) is 11.8 Å². The van der Waals surface area contributed by atoms with Crippen LogP contribution in [0.15, 0.2) is 41.0 Å². The lowest BCUT2D eigenvalue weighted by atomic mass is 10.1. The number of nitrogens with zero attached hydrogens (tertiary/aromatic N) is 2. The number of para-hydroxylation sites is 1. The van der Waals surface area contributed by atoms with Crippen LogP contribution in [-0.2, 0) is 0 Å². The zero-order chi connectivity index (χ0) is 14.8. The zero-order valence-corrected chi connectivity index (χ0v) is 12.5. The zero-order valence-electron chi connectivity index (χ0n) is 12.5. The standard InChI is InChI=1S/C17H20N2O2/c1-13-5-3-4-6-16(13)18-8-10-19(11-9-18)17(20)15-7-12-21-14(15)2/h3-7,12H,8-11H2,1-2H3. The van der Waals surface area contributed by atoms with Crippen LogP contribution >= 0.6 is 0 Å². The van der Waals surface area contributed by atoms with Crippen LogP contribution in [0, 0.1) is 13.8 Å². The van der Waals surface area contributed by atoms with Crippen LogP contribution in [0.1, 0.15) is 21.7 Å². The fourth-order valence-electron chi connectivity index (χ4n) is 2.85. The Balaban J connectivity index is 1.67. The third-order valence-electron chi connectivity index (χ3n) is 4.11. The molecule has 1 aliphatic heterocycles. The van der Waals surface area contributed by atoms with Crippen LogP contribution < -0.4 is 4.90 Å². The van der Waals surface area contributed by atoms with Crippen LogP contribution in [0.5, 0.6) is 0 Å². The van der Waals surface area contributed by atoms with E-state index in [4.69, 9.17) is 4.42 Å². The van der Waals surface area contributed by atoms with E-state index >= 15 is 0 Å². The molecule has 0 saturated carbocycles. The van der Waals surface area contributed by atoms with Gasteiger partial charge in [-0.3, -0.25) is 4.79 Å². The first kappa shape index (κ1) is 13.7. The van der Waals surface area contributed by atoms with E-state index in [2.05, 4.69) is 36.1 Å². The first-order valence-electron chi connectivity index (χ1n) is 7.31. The van der Waals surface area contributed by atoms with E-state index in [-0.39, 0.29) is 5.91 Å². The van der Waals surface area contributed by atoms with Gasteiger partial charge in [0.1, 0.15) is 5.76 Å². The third-order valence-corrected chi connectivity index (χ3v) is 4.11. The molecule has 21 heavy (non-hydrogen) atoms. The van der Waals surface area contributed by atoms with Crippen molar-refractivity contribution >= 4 is 11.6 Å². The molecule has 2 heterocycles. The lowest BCUT2D eigenvalue weighted by Gasteiger charge is -2.36. The predicted molar refractivity (Wildman–Crippen MR) is 82.7 cm³/mol. The smallest absolute Gasteiger partial charge is 0.257 e. The minimum absolute atomic E-state index is 0.0747. The van der Waals surface area contributed by atoms with Gasteiger partial charge in [0, 0.05) is 31.9 Å². The molecule has 1 saturated heterocycles. The highest BCUT2D eigenvalue weighted by Crippen LogP contribution is 2.21. The second-order valence-corrected chi connectivity index (χ2v) is 5.46. The minimum Gasteiger partial charge on any atom is -0.469 e.